The summed E-state index contributed by atoms with van der Waals surface area (Å²) in [7, 11) is 0. The number of amides is 1. The molecule has 0 saturated carbocycles. The van der Waals surface area contributed by atoms with Gasteiger partial charge in [-0.2, -0.15) is 0 Å². The smallest absolute Gasteiger partial charge is 0.221 e. The molecule has 3 N–H and O–H groups in total. The Hall–Kier alpha value is -1.66. The highest BCUT2D eigenvalue weighted by Gasteiger charge is 2.21. The number of piperazine rings is 1. The quantitative estimate of drug-likeness (QED) is 0.798. The third-order valence-corrected chi connectivity index (χ3v) is 3.99. The van der Waals surface area contributed by atoms with Crippen LogP contribution in [-0.2, 0) is 4.79 Å². The summed E-state index contributed by atoms with van der Waals surface area (Å²) in [4.78, 5) is 20.9. The van der Waals surface area contributed by atoms with Crippen LogP contribution >= 0.6 is 0 Å². The van der Waals surface area contributed by atoms with E-state index in [2.05, 4.69) is 20.1 Å². The summed E-state index contributed by atoms with van der Waals surface area (Å²) in [5.41, 5.74) is 5.30. The summed E-state index contributed by atoms with van der Waals surface area (Å²) in [5.74, 6) is 1.10. The Morgan fingerprint density at radius 3 is 2.64 bits per heavy atom. The maximum absolute atomic E-state index is 11.9. The van der Waals surface area contributed by atoms with E-state index < -0.39 is 0 Å². The maximum Gasteiger partial charge on any atom is 0.221 e. The van der Waals surface area contributed by atoms with Crippen LogP contribution in [0.25, 0.3) is 0 Å². The Morgan fingerprint density at radius 1 is 1.32 bits per heavy atom. The highest BCUT2D eigenvalue weighted by Crippen LogP contribution is 2.12. The van der Waals surface area contributed by atoms with Gasteiger partial charge in [0.05, 0.1) is 0 Å². The largest absolute Gasteiger partial charge is 0.354 e. The van der Waals surface area contributed by atoms with Crippen molar-refractivity contribution in [3.05, 3.63) is 24.4 Å². The van der Waals surface area contributed by atoms with Gasteiger partial charge in [0.2, 0.25) is 5.91 Å². The van der Waals surface area contributed by atoms with E-state index in [1.165, 1.54) is 0 Å². The van der Waals surface area contributed by atoms with E-state index in [0.29, 0.717) is 13.0 Å². The Labute approximate surface area is 132 Å². The summed E-state index contributed by atoms with van der Waals surface area (Å²) in [6.07, 6.45) is 2.35. The number of carbonyl (C=O) groups is 1. The van der Waals surface area contributed by atoms with E-state index in [9.17, 15) is 4.79 Å². The second kappa shape index (κ2) is 7.56. The van der Waals surface area contributed by atoms with Gasteiger partial charge in [0.15, 0.2) is 0 Å². The molecule has 6 nitrogen and oxygen atoms in total. The highest BCUT2D eigenvalue weighted by molar-refractivity contribution is 5.76. The number of carbonyl (C=O) groups excluding carboxylic acids is 1. The first-order valence-electron chi connectivity index (χ1n) is 7.89. The van der Waals surface area contributed by atoms with Crippen molar-refractivity contribution < 1.29 is 4.79 Å². The number of hydrogen-bond donors (Lipinski definition) is 2. The standard InChI is InChI=1S/C16H27N5O/c1-16(2,13-17)19-15(22)6-8-20-9-11-21(12-10-20)14-5-3-4-7-18-14/h3-5,7H,6,8-13,17H2,1-2H3,(H,19,22). The average Bonchev–Trinajstić information content (AvgIpc) is 2.54. The SMILES string of the molecule is CC(C)(CN)NC(=O)CCN1CCN(c2ccccn2)CC1. The van der Waals surface area contributed by atoms with Crippen LogP contribution in [0.15, 0.2) is 24.4 Å². The zero-order valence-corrected chi connectivity index (χ0v) is 13.6. The Kier molecular flexibility index (Phi) is 5.74. The van der Waals surface area contributed by atoms with Gasteiger partial charge in [-0.3, -0.25) is 9.69 Å². The second-order valence-corrected chi connectivity index (χ2v) is 6.40. The van der Waals surface area contributed by atoms with Crippen molar-refractivity contribution in [1.29, 1.82) is 0 Å². The van der Waals surface area contributed by atoms with Crippen LogP contribution in [0, 0.1) is 0 Å². The summed E-state index contributed by atoms with van der Waals surface area (Å²) >= 11 is 0. The molecule has 122 valence electrons. The molecule has 2 rings (SSSR count). The first kappa shape index (κ1) is 16.7. The fraction of sp³-hybridized carbons (Fsp3) is 0.625. The zero-order chi connectivity index (χ0) is 16.0. The van der Waals surface area contributed by atoms with Crippen LogP contribution in [0.2, 0.25) is 0 Å². The van der Waals surface area contributed by atoms with Gasteiger partial charge in [0.25, 0.3) is 0 Å². The van der Waals surface area contributed by atoms with Crippen LogP contribution in [0.5, 0.6) is 0 Å². The van der Waals surface area contributed by atoms with E-state index in [-0.39, 0.29) is 11.4 Å². The van der Waals surface area contributed by atoms with Crippen LogP contribution < -0.4 is 16.0 Å². The van der Waals surface area contributed by atoms with Crippen molar-refractivity contribution in [2.45, 2.75) is 25.8 Å². The van der Waals surface area contributed by atoms with Crippen molar-refractivity contribution in [3.63, 3.8) is 0 Å². The number of nitrogens with zero attached hydrogens (tertiary/aromatic N) is 3. The highest BCUT2D eigenvalue weighted by atomic mass is 16.1. The number of hydrogen-bond acceptors (Lipinski definition) is 5. The van der Waals surface area contributed by atoms with Crippen molar-refractivity contribution in [2.24, 2.45) is 5.73 Å². The van der Waals surface area contributed by atoms with Gasteiger partial charge in [-0.25, -0.2) is 4.98 Å². The van der Waals surface area contributed by atoms with Gasteiger partial charge in [-0.05, 0) is 26.0 Å². The molecule has 2 heterocycles. The average molecular weight is 305 g/mol. The zero-order valence-electron chi connectivity index (χ0n) is 13.6. The number of nitrogens with two attached hydrogens (primary N) is 1. The molecule has 0 atom stereocenters. The van der Waals surface area contributed by atoms with E-state index in [1.807, 2.05) is 38.2 Å². The molecule has 0 aromatic carbocycles. The minimum atomic E-state index is -0.325. The molecule has 0 bridgehead atoms. The summed E-state index contributed by atoms with van der Waals surface area (Å²) in [5, 5.41) is 2.97. The molecule has 6 heteroatoms. The summed E-state index contributed by atoms with van der Waals surface area (Å²) in [6.45, 7) is 8.95. The molecule has 1 aliphatic heterocycles. The first-order chi connectivity index (χ1) is 10.5. The topological polar surface area (TPSA) is 74.5 Å². The van der Waals surface area contributed by atoms with Crippen molar-refractivity contribution in [1.82, 2.24) is 15.2 Å². The third kappa shape index (κ3) is 4.96. The lowest BCUT2D eigenvalue weighted by Crippen LogP contribution is -2.50. The summed E-state index contributed by atoms with van der Waals surface area (Å²) in [6, 6.07) is 5.98. The monoisotopic (exact) mass is 305 g/mol. The lowest BCUT2D eigenvalue weighted by atomic mass is 10.1. The van der Waals surface area contributed by atoms with Gasteiger partial charge in [0.1, 0.15) is 5.82 Å². The van der Waals surface area contributed by atoms with E-state index in [4.69, 9.17) is 5.73 Å². The van der Waals surface area contributed by atoms with Gasteiger partial charge in [-0.15, -0.1) is 0 Å². The molecule has 0 unspecified atom stereocenters. The molecule has 1 aliphatic rings. The lowest BCUT2D eigenvalue weighted by molar-refractivity contribution is -0.122. The van der Waals surface area contributed by atoms with E-state index in [1.54, 1.807) is 0 Å². The van der Waals surface area contributed by atoms with Gasteiger partial charge in [-0.1, -0.05) is 6.07 Å². The van der Waals surface area contributed by atoms with Crippen LogP contribution in [0.1, 0.15) is 20.3 Å². The molecule has 0 spiro atoms. The molecule has 0 radical (unpaired) electrons. The summed E-state index contributed by atoms with van der Waals surface area (Å²) < 4.78 is 0. The Bertz CT molecular complexity index is 469. The van der Waals surface area contributed by atoms with Crippen molar-refractivity contribution in [2.75, 3.05) is 44.2 Å². The van der Waals surface area contributed by atoms with Crippen LogP contribution in [0.3, 0.4) is 0 Å². The maximum atomic E-state index is 11.9. The van der Waals surface area contributed by atoms with Crippen LogP contribution in [0.4, 0.5) is 5.82 Å². The molecule has 22 heavy (non-hydrogen) atoms. The molecule has 1 saturated heterocycles. The fourth-order valence-corrected chi connectivity index (χ4v) is 2.49. The fourth-order valence-electron chi connectivity index (χ4n) is 2.49. The molecular weight excluding hydrogens is 278 g/mol. The Balaban J connectivity index is 1.71. The predicted octanol–water partition coefficient (Wildman–Crippen LogP) is 0.447. The van der Waals surface area contributed by atoms with Crippen molar-refractivity contribution in [3.8, 4) is 0 Å². The number of aromatic nitrogens is 1. The van der Waals surface area contributed by atoms with Gasteiger partial charge >= 0.3 is 0 Å². The first-order valence-corrected chi connectivity index (χ1v) is 7.89. The number of pyridine rings is 1. The molecular formula is C16H27N5O. The normalized spacial score (nSPS) is 16.6. The predicted molar refractivity (Wildman–Crippen MR) is 88.8 cm³/mol. The van der Waals surface area contributed by atoms with Crippen LogP contribution in [-0.4, -0.2) is 60.6 Å². The number of anilines is 1. The molecule has 1 fully saturated rings. The van der Waals surface area contributed by atoms with E-state index in [0.717, 1.165) is 38.5 Å². The lowest BCUT2D eigenvalue weighted by Gasteiger charge is -2.35. The number of nitrogens with one attached hydrogen (secondary N) is 1. The van der Waals surface area contributed by atoms with Gasteiger partial charge < -0.3 is 16.0 Å². The van der Waals surface area contributed by atoms with Crippen molar-refractivity contribution >= 4 is 11.7 Å². The van der Waals surface area contributed by atoms with E-state index >= 15 is 0 Å². The molecule has 1 aromatic heterocycles. The minimum absolute atomic E-state index is 0.0719. The molecule has 1 amide bonds. The number of rotatable bonds is 6. The minimum Gasteiger partial charge on any atom is -0.354 e. The Morgan fingerprint density at radius 2 is 2.05 bits per heavy atom. The second-order valence-electron chi connectivity index (χ2n) is 6.40. The molecule has 1 aromatic rings. The van der Waals surface area contributed by atoms with Gasteiger partial charge in [0, 0.05) is 57.4 Å². The third-order valence-electron chi connectivity index (χ3n) is 3.99. The molecule has 0 aliphatic carbocycles.